The molecular formula is C25H23F3N6O. The second-order valence-electron chi connectivity index (χ2n) is 8.99. The first kappa shape index (κ1) is 22.8. The van der Waals surface area contributed by atoms with Gasteiger partial charge in [0.2, 0.25) is 0 Å². The molecule has 2 atom stereocenters. The Morgan fingerprint density at radius 3 is 2.77 bits per heavy atom. The monoisotopic (exact) mass is 480 g/mol. The maximum atomic E-state index is 13.5. The van der Waals surface area contributed by atoms with Crippen molar-refractivity contribution in [1.82, 2.24) is 25.3 Å². The fourth-order valence-corrected chi connectivity index (χ4v) is 4.84. The standard InChI is InChI=1S/C25H23F3N6O/c1-24(16-5-7-20-21(11-16)33-13-32-20,22-18(29)10-17(12-31-22)25(26,27)28)34-23(35)15-4-6-19-14(9-15)3-2-8-30-19/h2-4,6,8-10,12-13,16H,5,7,11,29H2,1H3,(H,32,33)(H,34,35). The third kappa shape index (κ3) is 4.20. The number of hydrogen-bond acceptors (Lipinski definition) is 5. The molecule has 4 N–H and O–H groups in total. The van der Waals surface area contributed by atoms with Gasteiger partial charge in [-0.1, -0.05) is 6.07 Å². The van der Waals surface area contributed by atoms with Crippen LogP contribution in [0.5, 0.6) is 0 Å². The van der Waals surface area contributed by atoms with Crippen molar-refractivity contribution in [3.63, 3.8) is 0 Å². The van der Waals surface area contributed by atoms with E-state index < -0.39 is 17.3 Å². The molecule has 0 saturated carbocycles. The first-order valence-electron chi connectivity index (χ1n) is 11.2. The number of benzene rings is 1. The normalized spacial score (nSPS) is 17.5. The molecule has 1 aromatic carbocycles. The Kier molecular flexibility index (Phi) is 5.46. The van der Waals surface area contributed by atoms with Crippen LogP contribution >= 0.6 is 0 Å². The van der Waals surface area contributed by atoms with E-state index in [1.807, 2.05) is 6.07 Å². The van der Waals surface area contributed by atoms with Gasteiger partial charge in [0.05, 0.1) is 40.0 Å². The number of nitrogens with two attached hydrogens (primary N) is 1. The number of rotatable bonds is 4. The molecule has 0 bridgehead atoms. The van der Waals surface area contributed by atoms with Crippen LogP contribution in [-0.2, 0) is 24.6 Å². The van der Waals surface area contributed by atoms with Gasteiger partial charge in [-0.2, -0.15) is 13.2 Å². The van der Waals surface area contributed by atoms with Gasteiger partial charge in [-0.15, -0.1) is 0 Å². The molecule has 3 heterocycles. The van der Waals surface area contributed by atoms with Crippen molar-refractivity contribution in [2.75, 3.05) is 5.73 Å². The SMILES string of the molecule is CC(NC(=O)c1ccc2ncccc2c1)(c1ncc(C(F)(F)F)cc1N)C1CCc2nc[nH]c2C1. The van der Waals surface area contributed by atoms with Gasteiger partial charge in [0.1, 0.15) is 0 Å². The Balaban J connectivity index is 1.55. The number of aromatic amines is 1. The summed E-state index contributed by atoms with van der Waals surface area (Å²) >= 11 is 0. The Labute approximate surface area is 199 Å². The second-order valence-corrected chi connectivity index (χ2v) is 8.99. The van der Waals surface area contributed by atoms with Gasteiger partial charge in [0.25, 0.3) is 5.91 Å². The van der Waals surface area contributed by atoms with Crippen LogP contribution in [-0.4, -0.2) is 25.8 Å². The molecule has 10 heteroatoms. The average molecular weight is 480 g/mol. The highest BCUT2D eigenvalue weighted by Crippen LogP contribution is 2.41. The van der Waals surface area contributed by atoms with E-state index in [1.54, 1.807) is 43.7 Å². The van der Waals surface area contributed by atoms with E-state index in [0.717, 1.165) is 34.6 Å². The third-order valence-electron chi connectivity index (χ3n) is 6.78. The van der Waals surface area contributed by atoms with Gasteiger partial charge >= 0.3 is 6.18 Å². The van der Waals surface area contributed by atoms with E-state index in [4.69, 9.17) is 5.73 Å². The molecule has 35 heavy (non-hydrogen) atoms. The molecule has 1 aliphatic rings. The molecule has 1 aliphatic carbocycles. The summed E-state index contributed by atoms with van der Waals surface area (Å²) in [6.07, 6.45) is 1.34. The van der Waals surface area contributed by atoms with Crippen molar-refractivity contribution in [2.24, 2.45) is 5.92 Å². The number of H-pyrrole nitrogens is 1. The van der Waals surface area contributed by atoms with Gasteiger partial charge < -0.3 is 16.0 Å². The fraction of sp³-hybridized carbons (Fsp3) is 0.280. The molecule has 5 rings (SSSR count). The second kappa shape index (κ2) is 8.37. The average Bonchev–Trinajstić information content (AvgIpc) is 3.31. The topological polar surface area (TPSA) is 110 Å². The Morgan fingerprint density at radius 1 is 1.17 bits per heavy atom. The highest BCUT2D eigenvalue weighted by molar-refractivity contribution is 5.98. The molecule has 1 amide bonds. The minimum absolute atomic E-state index is 0.124. The van der Waals surface area contributed by atoms with Crippen LogP contribution in [0.25, 0.3) is 10.9 Å². The molecule has 0 spiro atoms. The summed E-state index contributed by atoms with van der Waals surface area (Å²) in [6, 6.07) is 9.67. The number of aromatic nitrogens is 4. The first-order chi connectivity index (χ1) is 16.6. The summed E-state index contributed by atoms with van der Waals surface area (Å²) in [7, 11) is 0. The summed E-state index contributed by atoms with van der Waals surface area (Å²) in [5.41, 5.74) is 7.17. The highest BCUT2D eigenvalue weighted by Gasteiger charge is 2.43. The van der Waals surface area contributed by atoms with Gasteiger partial charge in [0, 0.05) is 29.0 Å². The zero-order valence-corrected chi connectivity index (χ0v) is 18.9. The van der Waals surface area contributed by atoms with Crippen LogP contribution in [0.1, 0.15) is 46.3 Å². The number of nitrogens with zero attached hydrogens (tertiary/aromatic N) is 3. The molecule has 0 aliphatic heterocycles. The highest BCUT2D eigenvalue weighted by atomic mass is 19.4. The van der Waals surface area contributed by atoms with Gasteiger partial charge in [-0.25, -0.2) is 4.98 Å². The number of amides is 1. The van der Waals surface area contributed by atoms with Crippen LogP contribution in [0, 0.1) is 5.92 Å². The van der Waals surface area contributed by atoms with Crippen molar-refractivity contribution in [3.05, 3.63) is 83.3 Å². The molecular weight excluding hydrogens is 457 g/mol. The van der Waals surface area contributed by atoms with Gasteiger partial charge in [-0.3, -0.25) is 14.8 Å². The smallest absolute Gasteiger partial charge is 0.397 e. The lowest BCUT2D eigenvalue weighted by molar-refractivity contribution is -0.137. The summed E-state index contributed by atoms with van der Waals surface area (Å²) in [5, 5.41) is 3.86. The molecule has 0 saturated heterocycles. The summed E-state index contributed by atoms with van der Waals surface area (Å²) in [6.45, 7) is 1.77. The van der Waals surface area contributed by atoms with Crippen molar-refractivity contribution in [2.45, 2.75) is 37.9 Å². The van der Waals surface area contributed by atoms with E-state index in [2.05, 4.69) is 25.3 Å². The molecule has 3 aromatic heterocycles. The summed E-state index contributed by atoms with van der Waals surface area (Å²) in [4.78, 5) is 29.3. The lowest BCUT2D eigenvalue weighted by Crippen LogP contribution is -2.51. The van der Waals surface area contributed by atoms with E-state index in [1.165, 1.54) is 0 Å². The number of carbonyl (C=O) groups excluding carboxylic acids is 1. The number of fused-ring (bicyclic) bond motifs is 2. The van der Waals surface area contributed by atoms with E-state index >= 15 is 0 Å². The minimum atomic E-state index is -4.58. The van der Waals surface area contributed by atoms with Crippen molar-refractivity contribution >= 4 is 22.5 Å². The van der Waals surface area contributed by atoms with E-state index in [0.29, 0.717) is 24.8 Å². The molecule has 2 unspecified atom stereocenters. The number of hydrogen-bond donors (Lipinski definition) is 3. The number of nitrogen functional groups attached to an aromatic ring is 1. The Bertz CT molecular complexity index is 1420. The lowest BCUT2D eigenvalue weighted by atomic mass is 9.73. The van der Waals surface area contributed by atoms with Gasteiger partial charge in [0.15, 0.2) is 0 Å². The van der Waals surface area contributed by atoms with Crippen molar-refractivity contribution < 1.29 is 18.0 Å². The molecule has 7 nitrogen and oxygen atoms in total. The number of carbonyl (C=O) groups is 1. The number of anilines is 1. The van der Waals surface area contributed by atoms with Crippen LogP contribution in [0.2, 0.25) is 0 Å². The first-order valence-corrected chi connectivity index (χ1v) is 11.2. The fourth-order valence-electron chi connectivity index (χ4n) is 4.84. The predicted molar refractivity (Wildman–Crippen MR) is 124 cm³/mol. The zero-order valence-electron chi connectivity index (χ0n) is 18.9. The number of pyridine rings is 2. The van der Waals surface area contributed by atoms with Crippen molar-refractivity contribution in [1.29, 1.82) is 0 Å². The third-order valence-corrected chi connectivity index (χ3v) is 6.78. The number of nitrogens with one attached hydrogen (secondary N) is 2. The van der Waals surface area contributed by atoms with Crippen molar-refractivity contribution in [3.8, 4) is 0 Å². The lowest BCUT2D eigenvalue weighted by Gasteiger charge is -2.40. The van der Waals surface area contributed by atoms with Crippen LogP contribution in [0.3, 0.4) is 0 Å². The maximum absolute atomic E-state index is 13.5. The van der Waals surface area contributed by atoms with E-state index in [-0.39, 0.29) is 23.2 Å². The zero-order chi connectivity index (χ0) is 24.8. The number of imidazole rings is 1. The largest absolute Gasteiger partial charge is 0.417 e. The van der Waals surface area contributed by atoms with Crippen LogP contribution < -0.4 is 11.1 Å². The molecule has 4 aromatic rings. The number of halogens is 3. The number of alkyl halides is 3. The summed E-state index contributed by atoms with van der Waals surface area (Å²) in [5.74, 6) is -0.567. The van der Waals surface area contributed by atoms with Crippen LogP contribution in [0.4, 0.5) is 18.9 Å². The number of aryl methyl sites for hydroxylation is 1. The predicted octanol–water partition coefficient (Wildman–Crippen LogP) is 4.40. The Hall–Kier alpha value is -3.95. The summed E-state index contributed by atoms with van der Waals surface area (Å²) < 4.78 is 39.8. The Morgan fingerprint density at radius 2 is 2.00 bits per heavy atom. The molecule has 0 radical (unpaired) electrons. The quantitative estimate of drug-likeness (QED) is 0.401. The maximum Gasteiger partial charge on any atom is 0.417 e. The molecule has 180 valence electrons. The van der Waals surface area contributed by atoms with Gasteiger partial charge in [-0.05, 0) is 62.4 Å². The minimum Gasteiger partial charge on any atom is -0.397 e. The van der Waals surface area contributed by atoms with Crippen LogP contribution in [0.15, 0.2) is 55.1 Å². The van der Waals surface area contributed by atoms with E-state index in [9.17, 15) is 18.0 Å². The molecule has 0 fully saturated rings.